The van der Waals surface area contributed by atoms with Crippen LogP contribution in [0.3, 0.4) is 0 Å². The summed E-state index contributed by atoms with van der Waals surface area (Å²) in [5.74, 6) is 0.944. The van der Waals surface area contributed by atoms with E-state index < -0.39 is 0 Å². The molecule has 3 N–H and O–H groups in total. The highest BCUT2D eigenvalue weighted by molar-refractivity contribution is 7.09. The molecule has 0 aliphatic carbocycles. The normalized spacial score (nSPS) is 10.7. The minimum absolute atomic E-state index is 0.173. The Kier molecular flexibility index (Phi) is 4.80. The summed E-state index contributed by atoms with van der Waals surface area (Å²) in [5.41, 5.74) is 7.95. The van der Waals surface area contributed by atoms with E-state index in [0.717, 1.165) is 22.8 Å². The summed E-state index contributed by atoms with van der Waals surface area (Å²) in [5, 5.41) is 2.85. The van der Waals surface area contributed by atoms with Gasteiger partial charge in [0.2, 0.25) is 0 Å². The molecule has 2 rings (SSSR count). The lowest BCUT2D eigenvalue weighted by Crippen LogP contribution is -2.27. The summed E-state index contributed by atoms with van der Waals surface area (Å²) in [6, 6.07) is 7.46. The fraction of sp³-hybridized carbons (Fsp3) is 0.333. The number of hydrogen-bond acceptors (Lipinski definition) is 5. The van der Waals surface area contributed by atoms with Gasteiger partial charge < -0.3 is 15.8 Å². The largest absolute Gasteiger partial charge is 0.497 e. The Morgan fingerprint density at radius 1 is 1.48 bits per heavy atom. The lowest BCUT2D eigenvalue weighted by atomic mass is 10.1. The molecule has 21 heavy (non-hydrogen) atoms. The molecular formula is C15H19N3O2S. The van der Waals surface area contributed by atoms with Crippen LogP contribution in [0.5, 0.6) is 5.75 Å². The number of ether oxygens (including phenoxy) is 1. The Morgan fingerprint density at radius 3 is 2.90 bits per heavy atom. The molecule has 0 bridgehead atoms. The molecule has 5 nitrogen and oxygen atoms in total. The van der Waals surface area contributed by atoms with E-state index in [0.29, 0.717) is 28.7 Å². The predicted octanol–water partition coefficient (Wildman–Crippen LogP) is 2.79. The van der Waals surface area contributed by atoms with E-state index in [2.05, 4.69) is 9.69 Å². The molecule has 0 saturated carbocycles. The van der Waals surface area contributed by atoms with Crippen LogP contribution >= 0.6 is 11.5 Å². The fourth-order valence-electron chi connectivity index (χ4n) is 1.82. The van der Waals surface area contributed by atoms with Crippen molar-refractivity contribution in [2.75, 3.05) is 19.4 Å². The van der Waals surface area contributed by atoms with Gasteiger partial charge in [0.05, 0.1) is 12.8 Å². The van der Waals surface area contributed by atoms with Gasteiger partial charge in [0, 0.05) is 12.1 Å². The molecule has 0 saturated heterocycles. The molecule has 2 aromatic rings. The van der Waals surface area contributed by atoms with Crippen molar-refractivity contribution in [2.24, 2.45) is 5.92 Å². The van der Waals surface area contributed by atoms with Crippen LogP contribution in [0, 0.1) is 5.92 Å². The van der Waals surface area contributed by atoms with Gasteiger partial charge in [-0.25, -0.2) is 0 Å². The number of aromatic nitrogens is 1. The van der Waals surface area contributed by atoms with Crippen LogP contribution in [0.1, 0.15) is 23.5 Å². The van der Waals surface area contributed by atoms with E-state index in [1.807, 2.05) is 38.1 Å². The van der Waals surface area contributed by atoms with Crippen LogP contribution in [0.2, 0.25) is 0 Å². The lowest BCUT2D eigenvalue weighted by molar-refractivity contribution is 0.0954. The molecule has 0 fully saturated rings. The zero-order valence-corrected chi connectivity index (χ0v) is 13.2. The molecule has 0 spiro atoms. The highest BCUT2D eigenvalue weighted by Gasteiger charge is 2.18. The molecule has 1 aromatic carbocycles. The molecule has 0 radical (unpaired) electrons. The van der Waals surface area contributed by atoms with Crippen LogP contribution in [-0.2, 0) is 0 Å². The van der Waals surface area contributed by atoms with Crippen molar-refractivity contribution in [3.63, 3.8) is 0 Å². The Hall–Kier alpha value is -2.08. The molecule has 0 atom stereocenters. The first-order valence-electron chi connectivity index (χ1n) is 6.70. The number of carbonyl (C=O) groups excluding carboxylic acids is 1. The minimum Gasteiger partial charge on any atom is -0.497 e. The average molecular weight is 305 g/mol. The van der Waals surface area contributed by atoms with E-state index in [4.69, 9.17) is 10.5 Å². The topological polar surface area (TPSA) is 77.2 Å². The number of hydrogen-bond donors (Lipinski definition) is 2. The molecule has 1 aromatic heterocycles. The summed E-state index contributed by atoms with van der Waals surface area (Å²) in [6.07, 6.45) is 0. The number of rotatable bonds is 5. The second kappa shape index (κ2) is 6.58. The maximum absolute atomic E-state index is 12.1. The monoisotopic (exact) mass is 305 g/mol. The SMILES string of the molecule is COc1cccc(-c2nsc(C(=O)NCC(C)C)c2N)c1. The summed E-state index contributed by atoms with van der Waals surface area (Å²) in [4.78, 5) is 12.5. The maximum atomic E-state index is 12.1. The van der Waals surface area contributed by atoms with Gasteiger partial charge in [-0.1, -0.05) is 26.0 Å². The zero-order chi connectivity index (χ0) is 15.4. The number of benzene rings is 1. The Morgan fingerprint density at radius 2 is 2.24 bits per heavy atom. The van der Waals surface area contributed by atoms with Crippen LogP contribution in [0.15, 0.2) is 24.3 Å². The van der Waals surface area contributed by atoms with Gasteiger partial charge in [-0.05, 0) is 29.6 Å². The van der Waals surface area contributed by atoms with E-state index >= 15 is 0 Å². The van der Waals surface area contributed by atoms with Gasteiger partial charge in [0.1, 0.15) is 16.3 Å². The van der Waals surface area contributed by atoms with E-state index in [1.54, 1.807) is 7.11 Å². The van der Waals surface area contributed by atoms with Crippen molar-refractivity contribution >= 4 is 23.1 Å². The van der Waals surface area contributed by atoms with Crippen LogP contribution in [-0.4, -0.2) is 23.9 Å². The number of nitrogens with zero attached hydrogens (tertiary/aromatic N) is 1. The summed E-state index contributed by atoms with van der Waals surface area (Å²) >= 11 is 1.12. The number of anilines is 1. The Balaban J connectivity index is 2.25. The molecule has 1 amide bonds. The number of nitrogens with two attached hydrogens (primary N) is 1. The van der Waals surface area contributed by atoms with Crippen molar-refractivity contribution in [3.8, 4) is 17.0 Å². The average Bonchev–Trinajstić information content (AvgIpc) is 2.86. The fourth-order valence-corrected chi connectivity index (χ4v) is 2.55. The summed E-state index contributed by atoms with van der Waals surface area (Å²) in [6.45, 7) is 4.70. The van der Waals surface area contributed by atoms with Gasteiger partial charge in [0.15, 0.2) is 0 Å². The standard InChI is InChI=1S/C15H19N3O2S/c1-9(2)8-17-15(19)14-12(16)13(18-21-14)10-5-4-6-11(7-10)20-3/h4-7,9H,8,16H2,1-3H3,(H,17,19). The third-order valence-electron chi connectivity index (χ3n) is 2.95. The second-order valence-electron chi connectivity index (χ2n) is 5.11. The third-order valence-corrected chi connectivity index (χ3v) is 3.81. The first-order chi connectivity index (χ1) is 10.0. The summed E-state index contributed by atoms with van der Waals surface area (Å²) < 4.78 is 9.50. The molecule has 1 heterocycles. The molecule has 112 valence electrons. The lowest BCUT2D eigenvalue weighted by Gasteiger charge is -2.07. The van der Waals surface area contributed by atoms with Crippen LogP contribution in [0.4, 0.5) is 5.69 Å². The highest BCUT2D eigenvalue weighted by Crippen LogP contribution is 2.32. The predicted molar refractivity (Wildman–Crippen MR) is 85.7 cm³/mol. The molecule has 0 unspecified atom stereocenters. The van der Waals surface area contributed by atoms with Crippen LogP contribution in [0.25, 0.3) is 11.3 Å². The van der Waals surface area contributed by atoms with Gasteiger partial charge in [-0.15, -0.1) is 0 Å². The molecular weight excluding hydrogens is 286 g/mol. The van der Waals surface area contributed by atoms with Gasteiger partial charge in [-0.3, -0.25) is 4.79 Å². The van der Waals surface area contributed by atoms with Gasteiger partial charge in [-0.2, -0.15) is 4.37 Å². The highest BCUT2D eigenvalue weighted by atomic mass is 32.1. The van der Waals surface area contributed by atoms with Crippen molar-refractivity contribution in [2.45, 2.75) is 13.8 Å². The van der Waals surface area contributed by atoms with Crippen molar-refractivity contribution in [1.29, 1.82) is 0 Å². The second-order valence-corrected chi connectivity index (χ2v) is 5.88. The molecule has 0 aliphatic heterocycles. The maximum Gasteiger partial charge on any atom is 0.265 e. The van der Waals surface area contributed by atoms with E-state index in [-0.39, 0.29) is 5.91 Å². The summed E-state index contributed by atoms with van der Waals surface area (Å²) in [7, 11) is 1.61. The zero-order valence-electron chi connectivity index (χ0n) is 12.3. The number of methoxy groups -OCH3 is 1. The Bertz CT molecular complexity index is 638. The number of amides is 1. The number of nitrogens with one attached hydrogen (secondary N) is 1. The quantitative estimate of drug-likeness (QED) is 0.890. The molecule has 0 aliphatic rings. The first-order valence-corrected chi connectivity index (χ1v) is 7.48. The van der Waals surface area contributed by atoms with Crippen molar-refractivity contribution in [3.05, 3.63) is 29.1 Å². The number of carbonyl (C=O) groups is 1. The first kappa shape index (κ1) is 15.3. The van der Waals surface area contributed by atoms with E-state index in [1.165, 1.54) is 0 Å². The third kappa shape index (κ3) is 3.52. The smallest absolute Gasteiger partial charge is 0.265 e. The van der Waals surface area contributed by atoms with Crippen molar-refractivity contribution < 1.29 is 9.53 Å². The molecule has 6 heteroatoms. The van der Waals surface area contributed by atoms with E-state index in [9.17, 15) is 4.79 Å². The number of nitrogen functional groups attached to an aromatic ring is 1. The Labute approximate surface area is 128 Å². The van der Waals surface area contributed by atoms with Gasteiger partial charge >= 0.3 is 0 Å². The minimum atomic E-state index is -0.173. The van der Waals surface area contributed by atoms with Crippen LogP contribution < -0.4 is 15.8 Å². The van der Waals surface area contributed by atoms with Gasteiger partial charge in [0.25, 0.3) is 5.91 Å². The van der Waals surface area contributed by atoms with Crippen molar-refractivity contribution in [1.82, 2.24) is 9.69 Å².